The Labute approximate surface area is 96.3 Å². The number of hydrogen-bond acceptors (Lipinski definition) is 2. The minimum absolute atomic E-state index is 0.536. The highest BCUT2D eigenvalue weighted by Gasteiger charge is 2.26. The highest BCUT2D eigenvalue weighted by Crippen LogP contribution is 2.28. The van der Waals surface area contributed by atoms with Crippen molar-refractivity contribution >= 4 is 6.34 Å². The Morgan fingerprint density at radius 2 is 2.12 bits per heavy atom. The maximum atomic E-state index is 4.50. The molecule has 1 aromatic rings. The Morgan fingerprint density at radius 3 is 3.00 bits per heavy atom. The SMILES string of the molecule is C1=NC2=CCCCC2N1Cc1ccccc1. The summed E-state index contributed by atoms with van der Waals surface area (Å²) in [4.78, 5) is 6.86. The molecule has 0 fully saturated rings. The molecule has 0 N–H and O–H groups in total. The summed E-state index contributed by atoms with van der Waals surface area (Å²) >= 11 is 0. The molecule has 0 amide bonds. The van der Waals surface area contributed by atoms with E-state index in [1.54, 1.807) is 0 Å². The van der Waals surface area contributed by atoms with Crippen LogP contribution in [0.25, 0.3) is 0 Å². The van der Waals surface area contributed by atoms with E-state index in [0.717, 1.165) is 6.54 Å². The Hall–Kier alpha value is -1.57. The summed E-state index contributed by atoms with van der Waals surface area (Å²) < 4.78 is 0. The van der Waals surface area contributed by atoms with E-state index in [4.69, 9.17) is 0 Å². The van der Waals surface area contributed by atoms with E-state index in [1.807, 2.05) is 6.34 Å². The average Bonchev–Trinajstić information content (AvgIpc) is 2.74. The van der Waals surface area contributed by atoms with Crippen LogP contribution in [0.15, 0.2) is 47.1 Å². The van der Waals surface area contributed by atoms with Crippen LogP contribution in [0.1, 0.15) is 24.8 Å². The first-order valence-electron chi connectivity index (χ1n) is 5.97. The number of aliphatic imine (C=N–C) groups is 1. The normalized spacial score (nSPS) is 23.1. The van der Waals surface area contributed by atoms with Gasteiger partial charge in [0.15, 0.2) is 0 Å². The summed E-state index contributed by atoms with van der Waals surface area (Å²) in [6.07, 6.45) is 8.04. The number of rotatable bonds is 2. The fraction of sp³-hybridized carbons (Fsp3) is 0.357. The van der Waals surface area contributed by atoms with Gasteiger partial charge in [-0.1, -0.05) is 36.4 Å². The van der Waals surface area contributed by atoms with E-state index in [9.17, 15) is 0 Å². The van der Waals surface area contributed by atoms with Gasteiger partial charge in [-0.2, -0.15) is 0 Å². The highest BCUT2D eigenvalue weighted by atomic mass is 15.2. The van der Waals surface area contributed by atoms with Gasteiger partial charge in [-0.3, -0.25) is 0 Å². The van der Waals surface area contributed by atoms with Gasteiger partial charge in [0.1, 0.15) is 0 Å². The van der Waals surface area contributed by atoms with E-state index >= 15 is 0 Å². The molecule has 1 atom stereocenters. The molecule has 0 radical (unpaired) electrons. The molecule has 0 saturated carbocycles. The predicted octanol–water partition coefficient (Wildman–Crippen LogP) is 2.97. The molecule has 3 rings (SSSR count). The van der Waals surface area contributed by atoms with Crippen molar-refractivity contribution in [3.05, 3.63) is 47.7 Å². The van der Waals surface area contributed by atoms with Gasteiger partial charge in [0, 0.05) is 6.54 Å². The molecule has 1 aromatic carbocycles. The second kappa shape index (κ2) is 4.12. The number of benzene rings is 1. The summed E-state index contributed by atoms with van der Waals surface area (Å²) in [5.74, 6) is 0. The molecule has 2 aliphatic rings. The third-order valence-corrected chi connectivity index (χ3v) is 3.34. The van der Waals surface area contributed by atoms with Gasteiger partial charge in [0.25, 0.3) is 0 Å². The fourth-order valence-electron chi connectivity index (χ4n) is 2.49. The lowest BCUT2D eigenvalue weighted by atomic mass is 9.99. The Balaban J connectivity index is 1.75. The van der Waals surface area contributed by atoms with Crippen molar-refractivity contribution in [2.24, 2.45) is 4.99 Å². The van der Waals surface area contributed by atoms with Crippen molar-refractivity contribution in [3.8, 4) is 0 Å². The Morgan fingerprint density at radius 1 is 1.25 bits per heavy atom. The summed E-state index contributed by atoms with van der Waals surface area (Å²) in [5.41, 5.74) is 2.64. The first-order chi connectivity index (χ1) is 7.93. The number of nitrogens with zero attached hydrogens (tertiary/aromatic N) is 2. The molecule has 1 unspecified atom stereocenters. The molecule has 0 bridgehead atoms. The van der Waals surface area contributed by atoms with Crippen molar-refractivity contribution in [2.45, 2.75) is 31.8 Å². The zero-order valence-corrected chi connectivity index (χ0v) is 9.34. The molecule has 1 aliphatic heterocycles. The van der Waals surface area contributed by atoms with E-state index in [2.05, 4.69) is 46.3 Å². The predicted molar refractivity (Wildman–Crippen MR) is 66.2 cm³/mol. The summed E-state index contributed by atoms with van der Waals surface area (Å²) in [6.45, 7) is 0.979. The number of allylic oxidation sites excluding steroid dienone is 1. The average molecular weight is 212 g/mol. The molecule has 16 heavy (non-hydrogen) atoms. The monoisotopic (exact) mass is 212 g/mol. The Kier molecular flexibility index (Phi) is 2.49. The fourth-order valence-corrected chi connectivity index (χ4v) is 2.49. The first-order valence-corrected chi connectivity index (χ1v) is 5.97. The van der Waals surface area contributed by atoms with Gasteiger partial charge in [0.2, 0.25) is 0 Å². The number of fused-ring (bicyclic) bond motifs is 1. The maximum absolute atomic E-state index is 4.50. The van der Waals surface area contributed by atoms with Crippen LogP contribution in [0, 0.1) is 0 Å². The van der Waals surface area contributed by atoms with Crippen molar-refractivity contribution in [2.75, 3.05) is 0 Å². The topological polar surface area (TPSA) is 15.6 Å². The third kappa shape index (κ3) is 1.75. The lowest BCUT2D eigenvalue weighted by molar-refractivity contribution is 0.336. The van der Waals surface area contributed by atoms with E-state index < -0.39 is 0 Å². The molecule has 2 heteroatoms. The van der Waals surface area contributed by atoms with Crippen LogP contribution < -0.4 is 0 Å². The molecule has 1 heterocycles. The molecule has 1 aliphatic carbocycles. The Bertz CT molecular complexity index is 420. The second-order valence-electron chi connectivity index (χ2n) is 4.48. The molecular formula is C14H16N2. The van der Waals surface area contributed by atoms with Crippen molar-refractivity contribution in [3.63, 3.8) is 0 Å². The first kappa shape index (κ1) is 9.64. The van der Waals surface area contributed by atoms with Crippen LogP contribution in [0.2, 0.25) is 0 Å². The largest absolute Gasteiger partial charge is 0.350 e. The van der Waals surface area contributed by atoms with Crippen molar-refractivity contribution in [1.29, 1.82) is 0 Å². The molecule has 0 spiro atoms. The zero-order valence-electron chi connectivity index (χ0n) is 9.34. The van der Waals surface area contributed by atoms with Gasteiger partial charge in [-0.05, 0) is 24.8 Å². The van der Waals surface area contributed by atoms with Crippen LogP contribution >= 0.6 is 0 Å². The van der Waals surface area contributed by atoms with Gasteiger partial charge >= 0.3 is 0 Å². The molecular weight excluding hydrogens is 196 g/mol. The molecule has 0 saturated heterocycles. The third-order valence-electron chi connectivity index (χ3n) is 3.34. The summed E-state index contributed by atoms with van der Waals surface area (Å²) in [5, 5.41) is 0. The van der Waals surface area contributed by atoms with Crippen LogP contribution in [-0.2, 0) is 6.54 Å². The standard InChI is InChI=1S/C14H16N2/c1-2-6-12(7-3-1)10-16-11-15-13-8-4-5-9-14(13)16/h1-3,6-8,11,14H,4-5,9-10H2. The van der Waals surface area contributed by atoms with Crippen LogP contribution in [-0.4, -0.2) is 17.3 Å². The van der Waals surface area contributed by atoms with Gasteiger partial charge in [-0.25, -0.2) is 4.99 Å². The zero-order chi connectivity index (χ0) is 10.8. The molecule has 0 aromatic heterocycles. The van der Waals surface area contributed by atoms with Crippen molar-refractivity contribution in [1.82, 2.24) is 4.90 Å². The minimum Gasteiger partial charge on any atom is -0.350 e. The van der Waals surface area contributed by atoms with Gasteiger partial charge < -0.3 is 4.90 Å². The summed E-state index contributed by atoms with van der Waals surface area (Å²) in [7, 11) is 0. The van der Waals surface area contributed by atoms with Crippen LogP contribution in [0.3, 0.4) is 0 Å². The van der Waals surface area contributed by atoms with Crippen molar-refractivity contribution < 1.29 is 0 Å². The lowest BCUT2D eigenvalue weighted by Gasteiger charge is -2.26. The quantitative estimate of drug-likeness (QED) is 0.736. The highest BCUT2D eigenvalue weighted by molar-refractivity contribution is 5.63. The molecule has 82 valence electrons. The van der Waals surface area contributed by atoms with E-state index in [1.165, 1.54) is 30.5 Å². The lowest BCUT2D eigenvalue weighted by Crippen LogP contribution is -2.31. The van der Waals surface area contributed by atoms with Crippen LogP contribution in [0.5, 0.6) is 0 Å². The van der Waals surface area contributed by atoms with E-state index in [0.29, 0.717) is 6.04 Å². The van der Waals surface area contributed by atoms with Gasteiger partial charge in [0.05, 0.1) is 18.1 Å². The molecule has 2 nitrogen and oxygen atoms in total. The van der Waals surface area contributed by atoms with Crippen LogP contribution in [0.4, 0.5) is 0 Å². The maximum Gasteiger partial charge on any atom is 0.0917 e. The summed E-state index contributed by atoms with van der Waals surface area (Å²) in [6, 6.07) is 11.2. The second-order valence-corrected chi connectivity index (χ2v) is 4.48. The van der Waals surface area contributed by atoms with Gasteiger partial charge in [-0.15, -0.1) is 0 Å². The number of hydrogen-bond donors (Lipinski definition) is 0. The minimum atomic E-state index is 0.536. The van der Waals surface area contributed by atoms with E-state index in [-0.39, 0.29) is 0 Å². The smallest absolute Gasteiger partial charge is 0.0917 e.